The fourth-order valence-electron chi connectivity index (χ4n) is 1.84. The number of hydrogen-bond acceptors (Lipinski definition) is 1. The minimum Gasteiger partial charge on any atom is -0.331 e. The van der Waals surface area contributed by atoms with E-state index < -0.39 is 12.3 Å². The third-order valence-corrected chi connectivity index (χ3v) is 3.48. The minimum atomic E-state index is -2.96. The van der Waals surface area contributed by atoms with Gasteiger partial charge >= 0.3 is 6.43 Å². The molecule has 1 atom stereocenters. The number of nitrogens with zero attached hydrogens (tertiary/aromatic N) is 1. The van der Waals surface area contributed by atoms with Crippen LogP contribution in [0.15, 0.2) is 28.7 Å². The van der Waals surface area contributed by atoms with E-state index in [1.807, 2.05) is 31.2 Å². The van der Waals surface area contributed by atoms with Crippen LogP contribution in [0.5, 0.6) is 0 Å². The zero-order valence-electron chi connectivity index (χ0n) is 10.4. The molecule has 0 bridgehead atoms. The first kappa shape index (κ1) is 15.1. The molecule has 1 rings (SSSR count). The molecule has 0 aromatic heterocycles. The SMILES string of the molecule is CCCN(C(=O)C(F)F)C(C)c1ccccc1Br. The smallest absolute Gasteiger partial charge is 0.315 e. The van der Waals surface area contributed by atoms with Crippen LogP contribution in [0.2, 0.25) is 0 Å². The van der Waals surface area contributed by atoms with Gasteiger partial charge in [0.1, 0.15) is 0 Å². The lowest BCUT2D eigenvalue weighted by Gasteiger charge is -2.29. The van der Waals surface area contributed by atoms with Gasteiger partial charge in [0, 0.05) is 11.0 Å². The van der Waals surface area contributed by atoms with Crippen LogP contribution in [-0.2, 0) is 4.79 Å². The van der Waals surface area contributed by atoms with Gasteiger partial charge in [-0.1, -0.05) is 41.1 Å². The summed E-state index contributed by atoms with van der Waals surface area (Å²) in [6.07, 6.45) is -2.31. The average Bonchev–Trinajstić information content (AvgIpc) is 2.35. The summed E-state index contributed by atoms with van der Waals surface area (Å²) in [5.74, 6) is -1.11. The van der Waals surface area contributed by atoms with Crippen LogP contribution in [-0.4, -0.2) is 23.8 Å². The number of rotatable bonds is 5. The number of halogens is 3. The van der Waals surface area contributed by atoms with E-state index in [9.17, 15) is 13.6 Å². The van der Waals surface area contributed by atoms with Gasteiger partial charge in [-0.05, 0) is 25.0 Å². The van der Waals surface area contributed by atoms with Crippen LogP contribution < -0.4 is 0 Å². The summed E-state index contributed by atoms with van der Waals surface area (Å²) in [7, 11) is 0. The molecule has 0 aliphatic rings. The van der Waals surface area contributed by atoms with Crippen LogP contribution in [0.1, 0.15) is 31.9 Å². The predicted molar refractivity (Wildman–Crippen MR) is 70.6 cm³/mol. The van der Waals surface area contributed by atoms with Crippen LogP contribution in [0, 0.1) is 0 Å². The quantitative estimate of drug-likeness (QED) is 0.802. The third-order valence-electron chi connectivity index (χ3n) is 2.76. The fourth-order valence-corrected chi connectivity index (χ4v) is 2.46. The highest BCUT2D eigenvalue weighted by molar-refractivity contribution is 9.10. The maximum absolute atomic E-state index is 12.6. The zero-order chi connectivity index (χ0) is 13.7. The van der Waals surface area contributed by atoms with Gasteiger partial charge in [0.2, 0.25) is 0 Å². The van der Waals surface area contributed by atoms with Gasteiger partial charge in [0.05, 0.1) is 6.04 Å². The first-order valence-corrected chi connectivity index (χ1v) is 6.61. The molecular formula is C13H16BrF2NO. The minimum absolute atomic E-state index is 0.325. The number of alkyl halides is 2. The number of benzene rings is 1. The Morgan fingerprint density at radius 2 is 2.00 bits per heavy atom. The summed E-state index contributed by atoms with van der Waals surface area (Å²) in [4.78, 5) is 12.7. The predicted octanol–water partition coefficient (Wildman–Crippen LogP) is 4.01. The van der Waals surface area contributed by atoms with Gasteiger partial charge in [0.15, 0.2) is 0 Å². The molecule has 0 radical (unpaired) electrons. The summed E-state index contributed by atoms with van der Waals surface area (Å²) < 4.78 is 26.0. The summed E-state index contributed by atoms with van der Waals surface area (Å²) in [5, 5.41) is 0. The van der Waals surface area contributed by atoms with Gasteiger partial charge in [0.25, 0.3) is 5.91 Å². The van der Waals surface area contributed by atoms with E-state index in [0.29, 0.717) is 13.0 Å². The molecule has 18 heavy (non-hydrogen) atoms. The highest BCUT2D eigenvalue weighted by Crippen LogP contribution is 2.28. The van der Waals surface area contributed by atoms with Gasteiger partial charge in [-0.15, -0.1) is 0 Å². The molecular weight excluding hydrogens is 304 g/mol. The van der Waals surface area contributed by atoms with Crippen LogP contribution >= 0.6 is 15.9 Å². The Labute approximate surface area is 114 Å². The fraction of sp³-hybridized carbons (Fsp3) is 0.462. The Morgan fingerprint density at radius 1 is 1.39 bits per heavy atom. The highest BCUT2D eigenvalue weighted by Gasteiger charge is 2.28. The van der Waals surface area contributed by atoms with Crippen molar-refractivity contribution in [3.8, 4) is 0 Å². The van der Waals surface area contributed by atoms with Crippen molar-refractivity contribution in [1.29, 1.82) is 0 Å². The van der Waals surface area contributed by atoms with Gasteiger partial charge in [-0.2, -0.15) is 8.78 Å². The molecule has 1 aromatic rings. The Hall–Kier alpha value is -0.970. The molecule has 0 saturated carbocycles. The molecule has 5 heteroatoms. The topological polar surface area (TPSA) is 20.3 Å². The maximum atomic E-state index is 12.6. The number of carbonyl (C=O) groups excluding carboxylic acids is 1. The lowest BCUT2D eigenvalue weighted by Crippen LogP contribution is -2.38. The second-order valence-electron chi connectivity index (χ2n) is 4.03. The van der Waals surface area contributed by atoms with E-state index in [2.05, 4.69) is 15.9 Å². The first-order valence-electron chi connectivity index (χ1n) is 5.82. The molecule has 1 amide bonds. The van der Waals surface area contributed by atoms with E-state index in [4.69, 9.17) is 0 Å². The number of amides is 1. The molecule has 0 spiro atoms. The van der Waals surface area contributed by atoms with E-state index in [1.54, 1.807) is 6.92 Å². The monoisotopic (exact) mass is 319 g/mol. The van der Waals surface area contributed by atoms with Gasteiger partial charge < -0.3 is 4.90 Å². The van der Waals surface area contributed by atoms with Crippen LogP contribution in [0.3, 0.4) is 0 Å². The normalized spacial score (nSPS) is 12.6. The van der Waals surface area contributed by atoms with E-state index in [1.165, 1.54) is 4.90 Å². The standard InChI is InChI=1S/C13H16BrF2NO/c1-3-8-17(13(18)12(15)16)9(2)10-6-4-5-7-11(10)14/h4-7,9,12H,3,8H2,1-2H3. The first-order chi connectivity index (χ1) is 8.49. The molecule has 0 aliphatic heterocycles. The molecule has 0 aliphatic carbocycles. The van der Waals surface area contributed by atoms with Crippen molar-refractivity contribution in [2.75, 3.05) is 6.54 Å². The largest absolute Gasteiger partial charge is 0.331 e. The summed E-state index contributed by atoms with van der Waals surface area (Å²) >= 11 is 3.38. The number of carbonyl (C=O) groups is 1. The van der Waals surface area contributed by atoms with Crippen molar-refractivity contribution in [1.82, 2.24) is 4.90 Å². The molecule has 1 aromatic carbocycles. The Morgan fingerprint density at radius 3 is 2.50 bits per heavy atom. The average molecular weight is 320 g/mol. The Bertz CT molecular complexity index is 412. The van der Waals surface area contributed by atoms with Gasteiger partial charge in [-0.3, -0.25) is 4.79 Å². The molecule has 0 N–H and O–H groups in total. The molecule has 0 saturated heterocycles. The molecule has 100 valence electrons. The zero-order valence-corrected chi connectivity index (χ0v) is 12.0. The van der Waals surface area contributed by atoms with E-state index in [0.717, 1.165) is 10.0 Å². The third kappa shape index (κ3) is 3.51. The second-order valence-corrected chi connectivity index (χ2v) is 4.88. The molecule has 2 nitrogen and oxygen atoms in total. The Balaban J connectivity index is 2.99. The lowest BCUT2D eigenvalue weighted by molar-refractivity contribution is -0.145. The highest BCUT2D eigenvalue weighted by atomic mass is 79.9. The number of hydrogen-bond donors (Lipinski definition) is 0. The molecule has 1 unspecified atom stereocenters. The van der Waals surface area contributed by atoms with E-state index in [-0.39, 0.29) is 6.04 Å². The van der Waals surface area contributed by atoms with E-state index >= 15 is 0 Å². The molecule has 0 fully saturated rings. The second kappa shape index (κ2) is 6.83. The van der Waals surface area contributed by atoms with Crippen molar-refractivity contribution in [3.05, 3.63) is 34.3 Å². The summed E-state index contributed by atoms with van der Waals surface area (Å²) in [6, 6.07) is 6.97. The van der Waals surface area contributed by atoms with Crippen molar-refractivity contribution in [2.24, 2.45) is 0 Å². The summed E-state index contributed by atoms with van der Waals surface area (Å²) in [6.45, 7) is 3.94. The Kier molecular flexibility index (Phi) is 5.72. The van der Waals surface area contributed by atoms with Crippen molar-refractivity contribution in [3.63, 3.8) is 0 Å². The van der Waals surface area contributed by atoms with Crippen LogP contribution in [0.25, 0.3) is 0 Å². The molecule has 0 heterocycles. The van der Waals surface area contributed by atoms with Crippen molar-refractivity contribution in [2.45, 2.75) is 32.7 Å². The maximum Gasteiger partial charge on any atom is 0.315 e. The van der Waals surface area contributed by atoms with Gasteiger partial charge in [-0.25, -0.2) is 0 Å². The van der Waals surface area contributed by atoms with Crippen LogP contribution in [0.4, 0.5) is 8.78 Å². The van der Waals surface area contributed by atoms with Crippen molar-refractivity contribution >= 4 is 21.8 Å². The van der Waals surface area contributed by atoms with Crippen molar-refractivity contribution < 1.29 is 13.6 Å². The summed E-state index contributed by atoms with van der Waals surface area (Å²) in [5.41, 5.74) is 0.833. The lowest BCUT2D eigenvalue weighted by atomic mass is 10.1.